The van der Waals surface area contributed by atoms with Crippen molar-refractivity contribution in [3.63, 3.8) is 0 Å². The van der Waals surface area contributed by atoms with E-state index in [9.17, 15) is 8.78 Å². The molecule has 1 heterocycles. The molecular formula is C22H20F2N2O. The molecule has 0 aliphatic rings. The predicted molar refractivity (Wildman–Crippen MR) is 103 cm³/mol. The number of ether oxygens (including phenoxy) is 1. The lowest BCUT2D eigenvalue weighted by molar-refractivity contribution is -0.0498. The van der Waals surface area contributed by atoms with Gasteiger partial charge < -0.3 is 4.74 Å². The molecule has 0 aliphatic carbocycles. The van der Waals surface area contributed by atoms with Crippen molar-refractivity contribution in [2.75, 3.05) is 0 Å². The highest BCUT2D eigenvalue weighted by molar-refractivity contribution is 5.71. The van der Waals surface area contributed by atoms with Gasteiger partial charge in [-0.1, -0.05) is 61.9 Å². The van der Waals surface area contributed by atoms with E-state index in [2.05, 4.69) is 21.6 Å². The molecule has 0 saturated heterocycles. The number of aromatic nitrogens is 2. The van der Waals surface area contributed by atoms with Crippen molar-refractivity contribution < 1.29 is 13.5 Å². The summed E-state index contributed by atoms with van der Waals surface area (Å²) >= 11 is 0. The minimum absolute atomic E-state index is 0.149. The molecule has 5 heteroatoms. The van der Waals surface area contributed by atoms with Crippen molar-refractivity contribution in [3.05, 3.63) is 77.6 Å². The quantitative estimate of drug-likeness (QED) is 0.491. The lowest BCUT2D eigenvalue weighted by Gasteiger charge is -2.04. The van der Waals surface area contributed by atoms with Crippen LogP contribution >= 0.6 is 0 Å². The van der Waals surface area contributed by atoms with Gasteiger partial charge in [-0.15, -0.1) is 0 Å². The van der Waals surface area contributed by atoms with Crippen molar-refractivity contribution in [2.24, 2.45) is 0 Å². The molecule has 0 saturated carbocycles. The Morgan fingerprint density at radius 2 is 1.44 bits per heavy atom. The molecule has 0 fully saturated rings. The van der Waals surface area contributed by atoms with Gasteiger partial charge in [0.1, 0.15) is 5.75 Å². The maximum Gasteiger partial charge on any atom is 0.387 e. The molecular weight excluding hydrogens is 346 g/mol. The lowest BCUT2D eigenvalue weighted by atomic mass is 10.1. The van der Waals surface area contributed by atoms with E-state index in [1.807, 2.05) is 48.8 Å². The molecule has 0 atom stereocenters. The topological polar surface area (TPSA) is 35.0 Å². The second-order valence-corrected chi connectivity index (χ2v) is 6.07. The Balaban J connectivity index is 1.65. The van der Waals surface area contributed by atoms with Crippen LogP contribution in [-0.2, 0) is 6.42 Å². The van der Waals surface area contributed by atoms with E-state index < -0.39 is 6.61 Å². The van der Waals surface area contributed by atoms with E-state index in [1.54, 1.807) is 12.1 Å². The molecule has 138 valence electrons. The predicted octanol–water partition coefficient (Wildman–Crippen LogP) is 5.87. The Labute approximate surface area is 157 Å². The third kappa shape index (κ3) is 5.45. The van der Waals surface area contributed by atoms with Crippen molar-refractivity contribution in [1.82, 2.24) is 9.97 Å². The normalized spacial score (nSPS) is 11.3. The van der Waals surface area contributed by atoms with Crippen LogP contribution in [0.1, 0.15) is 30.0 Å². The summed E-state index contributed by atoms with van der Waals surface area (Å²) in [4.78, 5) is 8.85. The molecule has 3 rings (SSSR count). The first-order chi connectivity index (χ1) is 13.1. The molecule has 1 aromatic heterocycles. The van der Waals surface area contributed by atoms with Crippen molar-refractivity contribution >= 4 is 12.2 Å². The first kappa shape index (κ1) is 18.7. The third-order valence-electron chi connectivity index (χ3n) is 3.99. The van der Waals surface area contributed by atoms with E-state index in [-0.39, 0.29) is 5.75 Å². The van der Waals surface area contributed by atoms with E-state index in [0.29, 0.717) is 5.82 Å². The molecule has 27 heavy (non-hydrogen) atoms. The Kier molecular flexibility index (Phi) is 6.26. The summed E-state index contributed by atoms with van der Waals surface area (Å²) in [6.07, 6.45) is 9.68. The van der Waals surface area contributed by atoms with Crippen LogP contribution in [0.25, 0.3) is 23.5 Å². The van der Waals surface area contributed by atoms with Crippen LogP contribution in [-0.4, -0.2) is 16.6 Å². The molecule has 0 bridgehead atoms. The average Bonchev–Trinajstić information content (AvgIpc) is 2.68. The molecule has 0 aliphatic heterocycles. The van der Waals surface area contributed by atoms with Crippen LogP contribution in [0.15, 0.2) is 60.9 Å². The van der Waals surface area contributed by atoms with Crippen LogP contribution < -0.4 is 4.74 Å². The molecule has 0 radical (unpaired) electrons. The Morgan fingerprint density at radius 1 is 0.889 bits per heavy atom. The highest BCUT2D eigenvalue weighted by atomic mass is 19.3. The van der Waals surface area contributed by atoms with E-state index in [0.717, 1.165) is 35.1 Å². The summed E-state index contributed by atoms with van der Waals surface area (Å²) in [5, 5.41) is 0. The largest absolute Gasteiger partial charge is 0.435 e. The molecule has 0 spiro atoms. The van der Waals surface area contributed by atoms with Gasteiger partial charge in [0.15, 0.2) is 5.82 Å². The summed E-state index contributed by atoms with van der Waals surface area (Å²) in [5.41, 5.74) is 4.03. The van der Waals surface area contributed by atoms with Gasteiger partial charge >= 0.3 is 6.61 Å². The van der Waals surface area contributed by atoms with Gasteiger partial charge in [0.2, 0.25) is 0 Å². The first-order valence-electron chi connectivity index (χ1n) is 8.78. The molecule has 0 amide bonds. The van der Waals surface area contributed by atoms with E-state index in [1.165, 1.54) is 12.1 Å². The number of benzene rings is 2. The van der Waals surface area contributed by atoms with Crippen LogP contribution in [0.3, 0.4) is 0 Å². The van der Waals surface area contributed by atoms with Crippen molar-refractivity contribution in [3.8, 4) is 17.1 Å². The number of hydrogen-bond acceptors (Lipinski definition) is 3. The Morgan fingerprint density at radius 3 is 1.96 bits per heavy atom. The Hall–Kier alpha value is -3.08. The van der Waals surface area contributed by atoms with Gasteiger partial charge in [-0.25, -0.2) is 9.97 Å². The second-order valence-electron chi connectivity index (χ2n) is 6.07. The molecule has 0 N–H and O–H groups in total. The fourth-order valence-electron chi connectivity index (χ4n) is 2.62. The number of rotatable bonds is 7. The summed E-state index contributed by atoms with van der Waals surface area (Å²) in [7, 11) is 0. The summed E-state index contributed by atoms with van der Waals surface area (Å²) in [6, 6.07) is 14.4. The van der Waals surface area contributed by atoms with Crippen LogP contribution in [0.2, 0.25) is 0 Å². The third-order valence-corrected chi connectivity index (χ3v) is 3.99. The number of nitrogens with zero attached hydrogens (tertiary/aromatic N) is 2. The maximum atomic E-state index is 12.2. The number of hydrogen-bond donors (Lipinski definition) is 0. The zero-order valence-electron chi connectivity index (χ0n) is 15.0. The van der Waals surface area contributed by atoms with Crippen molar-refractivity contribution in [2.45, 2.75) is 26.4 Å². The smallest absolute Gasteiger partial charge is 0.387 e. The molecule has 3 nitrogen and oxygen atoms in total. The Bertz CT molecular complexity index is 874. The van der Waals surface area contributed by atoms with Crippen molar-refractivity contribution in [1.29, 1.82) is 0 Å². The highest BCUT2D eigenvalue weighted by Gasteiger charge is 2.03. The monoisotopic (exact) mass is 366 g/mol. The molecule has 0 unspecified atom stereocenters. The maximum absolute atomic E-state index is 12.2. The fraction of sp³-hybridized carbons (Fsp3) is 0.182. The number of alkyl halides is 2. The van der Waals surface area contributed by atoms with Gasteiger partial charge in [-0.05, 0) is 35.2 Å². The zero-order chi connectivity index (χ0) is 19.1. The standard InChI is InChI=1S/C22H20F2N2O/c1-2-3-18-14-25-21(26-15-18)19-10-6-16(7-11-19)4-5-17-8-12-20(13-9-17)27-22(23)24/h4-15,22H,2-3H2,1H3/b5-4+. The minimum Gasteiger partial charge on any atom is -0.435 e. The summed E-state index contributed by atoms with van der Waals surface area (Å²) in [5.74, 6) is 0.858. The van der Waals surface area contributed by atoms with E-state index in [4.69, 9.17) is 0 Å². The minimum atomic E-state index is -2.81. The SMILES string of the molecule is CCCc1cnc(-c2ccc(/C=C/c3ccc(OC(F)F)cc3)cc2)nc1. The average molecular weight is 366 g/mol. The van der Waals surface area contributed by atoms with Crippen LogP contribution in [0.4, 0.5) is 8.78 Å². The fourth-order valence-corrected chi connectivity index (χ4v) is 2.62. The van der Waals surface area contributed by atoms with Gasteiger partial charge in [0.05, 0.1) is 0 Å². The number of halogens is 2. The van der Waals surface area contributed by atoms with Gasteiger partial charge in [-0.2, -0.15) is 8.78 Å². The van der Waals surface area contributed by atoms with Crippen LogP contribution in [0.5, 0.6) is 5.75 Å². The molecule has 2 aromatic carbocycles. The zero-order valence-corrected chi connectivity index (χ0v) is 15.0. The van der Waals surface area contributed by atoms with Gasteiger partial charge in [-0.3, -0.25) is 0 Å². The second kappa shape index (κ2) is 9.03. The van der Waals surface area contributed by atoms with Crippen LogP contribution in [0, 0.1) is 0 Å². The molecule has 3 aromatic rings. The number of aryl methyl sites for hydroxylation is 1. The highest BCUT2D eigenvalue weighted by Crippen LogP contribution is 2.19. The van der Waals surface area contributed by atoms with Gasteiger partial charge in [0, 0.05) is 18.0 Å². The summed E-state index contributed by atoms with van der Waals surface area (Å²) < 4.78 is 28.6. The first-order valence-corrected chi connectivity index (χ1v) is 8.78. The lowest BCUT2D eigenvalue weighted by Crippen LogP contribution is -2.01. The summed E-state index contributed by atoms with van der Waals surface area (Å²) in [6.45, 7) is -0.678. The van der Waals surface area contributed by atoms with E-state index >= 15 is 0 Å². The van der Waals surface area contributed by atoms with Gasteiger partial charge in [0.25, 0.3) is 0 Å².